The zero-order valence-corrected chi connectivity index (χ0v) is 18.9. The maximum absolute atomic E-state index is 12.6. The van der Waals surface area contributed by atoms with Gasteiger partial charge >= 0.3 is 5.97 Å². The van der Waals surface area contributed by atoms with E-state index in [1.165, 1.54) is 24.3 Å². The van der Waals surface area contributed by atoms with Crippen molar-refractivity contribution < 1.29 is 32.2 Å². The molecule has 8 heteroatoms. The van der Waals surface area contributed by atoms with E-state index in [0.717, 1.165) is 19.1 Å². The molecule has 3 aliphatic rings. The van der Waals surface area contributed by atoms with Crippen molar-refractivity contribution >= 4 is 21.6 Å². The van der Waals surface area contributed by atoms with Crippen molar-refractivity contribution in [3.05, 3.63) is 41.5 Å². The van der Waals surface area contributed by atoms with Crippen molar-refractivity contribution in [2.75, 3.05) is 19.5 Å². The van der Waals surface area contributed by atoms with Crippen LogP contribution < -0.4 is 0 Å². The van der Waals surface area contributed by atoms with E-state index in [0.29, 0.717) is 18.6 Å². The minimum absolute atomic E-state index is 0.0351. The minimum Gasteiger partial charge on any atom is -0.461 e. The number of Topliss-reactive ketones (excluding diaryl/α,β-unsaturated/α-hetero) is 1. The van der Waals surface area contributed by atoms with E-state index in [9.17, 15) is 18.0 Å². The summed E-state index contributed by atoms with van der Waals surface area (Å²) in [6.45, 7) is 4.62. The zero-order chi connectivity index (χ0) is 22.4. The van der Waals surface area contributed by atoms with E-state index in [2.05, 4.69) is 6.92 Å². The molecule has 0 amide bonds. The Hall–Kier alpha value is -2.03. The molecule has 1 aliphatic carbocycles. The molecule has 4 rings (SSSR count). The monoisotopic (exact) mass is 448 g/mol. The van der Waals surface area contributed by atoms with Crippen molar-refractivity contribution in [1.29, 1.82) is 0 Å². The van der Waals surface area contributed by atoms with Gasteiger partial charge in [0.05, 0.1) is 29.3 Å². The first kappa shape index (κ1) is 22.2. The molecule has 0 spiro atoms. The van der Waals surface area contributed by atoms with Crippen molar-refractivity contribution in [2.45, 2.75) is 62.2 Å². The molecule has 1 aromatic carbocycles. The highest BCUT2D eigenvalue weighted by molar-refractivity contribution is 7.90. The molecule has 168 valence electrons. The van der Waals surface area contributed by atoms with Crippen molar-refractivity contribution in [2.24, 2.45) is 5.41 Å². The van der Waals surface area contributed by atoms with Crippen LogP contribution in [0.15, 0.2) is 40.8 Å². The second-order valence-electron chi connectivity index (χ2n) is 8.98. The summed E-state index contributed by atoms with van der Waals surface area (Å²) in [6.07, 6.45) is 5.20. The average Bonchev–Trinajstić information content (AvgIpc) is 3.53. The Morgan fingerprint density at radius 2 is 1.94 bits per heavy atom. The third-order valence-corrected chi connectivity index (χ3v) is 8.01. The molecule has 7 nitrogen and oxygen atoms in total. The molecule has 1 aromatic rings. The number of fused-ring (bicyclic) bond motifs is 1. The van der Waals surface area contributed by atoms with Crippen LogP contribution in [0.4, 0.5) is 0 Å². The van der Waals surface area contributed by atoms with Gasteiger partial charge in [0.1, 0.15) is 12.2 Å². The maximum Gasteiger partial charge on any atom is 0.338 e. The number of epoxide rings is 1. The number of rotatable bonds is 6. The van der Waals surface area contributed by atoms with E-state index < -0.39 is 21.2 Å². The number of carbonyl (C=O) groups excluding carboxylic acids is 2. The predicted octanol–water partition coefficient (Wildman–Crippen LogP) is 2.88. The van der Waals surface area contributed by atoms with Gasteiger partial charge < -0.3 is 14.2 Å². The number of allylic oxidation sites excluding steroid dienone is 1. The van der Waals surface area contributed by atoms with Crippen LogP contribution in [0, 0.1) is 5.41 Å². The lowest BCUT2D eigenvalue weighted by Gasteiger charge is -2.48. The number of ether oxygens (including phenoxy) is 3. The van der Waals surface area contributed by atoms with E-state index in [-0.39, 0.29) is 47.1 Å². The van der Waals surface area contributed by atoms with Gasteiger partial charge in [-0.2, -0.15) is 0 Å². The number of hydrogen-bond donors (Lipinski definition) is 0. The van der Waals surface area contributed by atoms with Crippen LogP contribution in [0.25, 0.3) is 0 Å². The Balaban J connectivity index is 1.49. The number of ketones is 1. The van der Waals surface area contributed by atoms with Gasteiger partial charge in [0.25, 0.3) is 0 Å². The van der Waals surface area contributed by atoms with Crippen molar-refractivity contribution in [3.8, 4) is 0 Å². The second kappa shape index (κ2) is 7.83. The molecule has 31 heavy (non-hydrogen) atoms. The predicted molar refractivity (Wildman–Crippen MR) is 113 cm³/mol. The van der Waals surface area contributed by atoms with E-state index in [4.69, 9.17) is 14.2 Å². The molecular formula is C23H28O7S. The Bertz CT molecular complexity index is 1020. The van der Waals surface area contributed by atoms with Gasteiger partial charge in [0.2, 0.25) is 0 Å². The number of sulfone groups is 1. The lowest BCUT2D eigenvalue weighted by molar-refractivity contribution is -0.158. The number of esters is 1. The Morgan fingerprint density at radius 1 is 1.26 bits per heavy atom. The van der Waals surface area contributed by atoms with E-state index in [1.54, 1.807) is 6.92 Å². The Kier molecular flexibility index (Phi) is 5.60. The SMILES string of the molecule is CCC1(C2CC[C@@]3(COC(=O)c4ccc(S(C)(=O)=O)cc4)CC(=O)C(C)=C[C@H]3O2)CO1. The van der Waals surface area contributed by atoms with Crippen LogP contribution in [0.5, 0.6) is 0 Å². The Labute approximate surface area is 182 Å². The highest BCUT2D eigenvalue weighted by atomic mass is 32.2. The van der Waals surface area contributed by atoms with E-state index in [1.807, 2.05) is 6.08 Å². The molecule has 2 heterocycles. The second-order valence-corrected chi connectivity index (χ2v) is 11.0. The van der Waals surface area contributed by atoms with Crippen LogP contribution in [0.3, 0.4) is 0 Å². The lowest BCUT2D eigenvalue weighted by Crippen LogP contribution is -2.53. The molecule has 0 saturated carbocycles. The highest BCUT2D eigenvalue weighted by Crippen LogP contribution is 2.50. The molecule has 0 N–H and O–H groups in total. The van der Waals surface area contributed by atoms with Gasteiger partial charge in [0.15, 0.2) is 15.6 Å². The van der Waals surface area contributed by atoms with Crippen LogP contribution >= 0.6 is 0 Å². The first-order chi connectivity index (χ1) is 14.6. The maximum atomic E-state index is 12.6. The number of benzene rings is 1. The van der Waals surface area contributed by atoms with Crippen LogP contribution in [-0.2, 0) is 28.8 Å². The van der Waals surface area contributed by atoms with Gasteiger partial charge in [-0.05, 0) is 62.1 Å². The van der Waals surface area contributed by atoms with Gasteiger partial charge in [0, 0.05) is 18.1 Å². The quantitative estimate of drug-likeness (QED) is 0.487. The van der Waals surface area contributed by atoms with Crippen LogP contribution in [0.1, 0.15) is 49.9 Å². The molecule has 2 saturated heterocycles. The summed E-state index contributed by atoms with van der Waals surface area (Å²) in [6, 6.07) is 5.65. The normalized spacial score (nSPS) is 32.7. The lowest BCUT2D eigenvalue weighted by atomic mass is 9.67. The molecule has 4 atom stereocenters. The van der Waals surface area contributed by atoms with Crippen LogP contribution in [0.2, 0.25) is 0 Å². The minimum atomic E-state index is -3.34. The Morgan fingerprint density at radius 3 is 2.52 bits per heavy atom. The first-order valence-corrected chi connectivity index (χ1v) is 12.5. The molecule has 2 aliphatic heterocycles. The fourth-order valence-corrected chi connectivity index (χ4v) is 5.20. The summed E-state index contributed by atoms with van der Waals surface area (Å²) in [5.74, 6) is -0.510. The smallest absolute Gasteiger partial charge is 0.338 e. The molecule has 2 unspecified atom stereocenters. The first-order valence-electron chi connectivity index (χ1n) is 10.6. The molecule has 0 aromatic heterocycles. The summed E-state index contributed by atoms with van der Waals surface area (Å²) < 4.78 is 40.9. The van der Waals surface area contributed by atoms with Gasteiger partial charge in [-0.3, -0.25) is 4.79 Å². The molecule has 2 fully saturated rings. The van der Waals surface area contributed by atoms with Gasteiger partial charge in [-0.15, -0.1) is 0 Å². The average molecular weight is 449 g/mol. The standard InChI is InChI=1S/C23H28O7S/c1-4-23(14-29-23)19-9-10-22(12-18(24)15(2)11-20(22)30-19)13-28-21(25)16-5-7-17(8-6-16)31(3,26)27/h5-8,11,19-20H,4,9-10,12-14H2,1-3H3/t19?,20-,22+,23?/m1/s1. The summed E-state index contributed by atoms with van der Waals surface area (Å²) in [5.41, 5.74) is 0.110. The zero-order valence-electron chi connectivity index (χ0n) is 18.1. The van der Waals surface area contributed by atoms with Gasteiger partial charge in [-0.1, -0.05) is 6.92 Å². The third kappa shape index (κ3) is 4.21. The highest BCUT2D eigenvalue weighted by Gasteiger charge is 2.57. The summed E-state index contributed by atoms with van der Waals surface area (Å²) in [5, 5.41) is 0. The van der Waals surface area contributed by atoms with Crippen molar-refractivity contribution in [3.63, 3.8) is 0 Å². The largest absolute Gasteiger partial charge is 0.461 e. The van der Waals surface area contributed by atoms with Crippen LogP contribution in [-0.4, -0.2) is 57.4 Å². The summed E-state index contributed by atoms with van der Waals surface area (Å²) in [7, 11) is -3.34. The topological polar surface area (TPSA) is 99.3 Å². The number of hydrogen-bond acceptors (Lipinski definition) is 7. The number of carbonyl (C=O) groups is 2. The fourth-order valence-electron chi connectivity index (χ4n) is 4.57. The van der Waals surface area contributed by atoms with E-state index >= 15 is 0 Å². The molecule has 0 bridgehead atoms. The summed E-state index contributed by atoms with van der Waals surface area (Å²) >= 11 is 0. The summed E-state index contributed by atoms with van der Waals surface area (Å²) in [4.78, 5) is 25.3. The van der Waals surface area contributed by atoms with Gasteiger partial charge in [-0.25, -0.2) is 13.2 Å². The molecular weight excluding hydrogens is 420 g/mol. The third-order valence-electron chi connectivity index (χ3n) is 6.88. The van der Waals surface area contributed by atoms with Crippen molar-refractivity contribution in [1.82, 2.24) is 0 Å². The fraction of sp³-hybridized carbons (Fsp3) is 0.565. The molecule has 0 radical (unpaired) electrons.